The molecule has 0 aliphatic heterocycles. The lowest BCUT2D eigenvalue weighted by atomic mass is 10.2. The number of nitrogens with zero attached hydrogens (tertiary/aromatic N) is 4. The van der Waals surface area contributed by atoms with Crippen molar-refractivity contribution in [1.29, 1.82) is 0 Å². The van der Waals surface area contributed by atoms with Crippen molar-refractivity contribution < 1.29 is 9.47 Å². The SMILES string of the molecule is CN=C(NCc1ccc(OC2CCCC2)c(OC)c1)NCc1ncnn1C.I. The van der Waals surface area contributed by atoms with E-state index >= 15 is 0 Å². The fourth-order valence-corrected chi connectivity index (χ4v) is 3.15. The third-order valence-electron chi connectivity index (χ3n) is 4.73. The Balaban J connectivity index is 0.00000280. The summed E-state index contributed by atoms with van der Waals surface area (Å²) in [4.78, 5) is 8.43. The molecule has 2 aromatic rings. The third kappa shape index (κ3) is 5.98. The van der Waals surface area contributed by atoms with E-state index in [-0.39, 0.29) is 24.0 Å². The molecule has 0 spiro atoms. The smallest absolute Gasteiger partial charge is 0.191 e. The van der Waals surface area contributed by atoms with Crippen LogP contribution in [0.2, 0.25) is 0 Å². The van der Waals surface area contributed by atoms with Crippen LogP contribution < -0.4 is 20.1 Å². The minimum Gasteiger partial charge on any atom is -0.493 e. The maximum Gasteiger partial charge on any atom is 0.191 e. The van der Waals surface area contributed by atoms with Crippen LogP contribution in [0, 0.1) is 0 Å². The molecule has 1 fully saturated rings. The van der Waals surface area contributed by atoms with Crippen molar-refractivity contribution in [2.24, 2.45) is 12.0 Å². The van der Waals surface area contributed by atoms with E-state index < -0.39 is 0 Å². The van der Waals surface area contributed by atoms with E-state index in [1.54, 1.807) is 18.8 Å². The largest absolute Gasteiger partial charge is 0.493 e. The fourth-order valence-electron chi connectivity index (χ4n) is 3.15. The van der Waals surface area contributed by atoms with Crippen molar-refractivity contribution in [3.05, 3.63) is 35.9 Å². The summed E-state index contributed by atoms with van der Waals surface area (Å²) in [6, 6.07) is 6.05. The van der Waals surface area contributed by atoms with Crippen molar-refractivity contribution in [3.63, 3.8) is 0 Å². The third-order valence-corrected chi connectivity index (χ3v) is 4.73. The van der Waals surface area contributed by atoms with Gasteiger partial charge >= 0.3 is 0 Å². The first-order chi connectivity index (χ1) is 13.2. The van der Waals surface area contributed by atoms with Crippen molar-refractivity contribution in [2.45, 2.75) is 44.9 Å². The van der Waals surface area contributed by atoms with Crippen LogP contribution >= 0.6 is 24.0 Å². The first kappa shape index (κ1) is 22.3. The van der Waals surface area contributed by atoms with Gasteiger partial charge in [-0.3, -0.25) is 9.67 Å². The van der Waals surface area contributed by atoms with Gasteiger partial charge in [-0.2, -0.15) is 5.10 Å². The lowest BCUT2D eigenvalue weighted by molar-refractivity contribution is 0.200. The predicted octanol–water partition coefficient (Wildman–Crippen LogP) is 2.63. The van der Waals surface area contributed by atoms with Gasteiger partial charge in [0.1, 0.15) is 12.2 Å². The van der Waals surface area contributed by atoms with Gasteiger partial charge < -0.3 is 20.1 Å². The van der Waals surface area contributed by atoms with Gasteiger partial charge in [0.25, 0.3) is 0 Å². The van der Waals surface area contributed by atoms with Crippen LogP contribution in [0.3, 0.4) is 0 Å². The minimum atomic E-state index is 0. The van der Waals surface area contributed by atoms with Gasteiger partial charge in [0, 0.05) is 20.6 Å². The first-order valence-corrected chi connectivity index (χ1v) is 9.30. The molecule has 0 atom stereocenters. The Kier molecular flexibility index (Phi) is 8.81. The summed E-state index contributed by atoms with van der Waals surface area (Å²) in [7, 11) is 5.28. The Hall–Kier alpha value is -2.04. The Morgan fingerprint density at radius 3 is 2.61 bits per heavy atom. The molecule has 2 N–H and O–H groups in total. The second-order valence-electron chi connectivity index (χ2n) is 6.59. The molecule has 1 aromatic heterocycles. The standard InChI is InChI=1S/C19H28N6O2.HI/c1-20-19(22-12-18-23-13-24-25(18)2)21-11-14-8-9-16(17(10-14)26-3)27-15-6-4-5-7-15;/h8-10,13,15H,4-7,11-12H2,1-3H3,(H2,20,21,22);1H. The van der Waals surface area contributed by atoms with Crippen LogP contribution in [0.25, 0.3) is 0 Å². The van der Waals surface area contributed by atoms with E-state index in [1.807, 2.05) is 19.2 Å². The van der Waals surface area contributed by atoms with Gasteiger partial charge in [-0.15, -0.1) is 24.0 Å². The highest BCUT2D eigenvalue weighted by atomic mass is 127. The summed E-state index contributed by atoms with van der Waals surface area (Å²) in [6.07, 6.45) is 6.59. The molecule has 1 aliphatic rings. The molecule has 154 valence electrons. The van der Waals surface area contributed by atoms with Crippen molar-refractivity contribution in [3.8, 4) is 11.5 Å². The lowest BCUT2D eigenvalue weighted by Crippen LogP contribution is -2.36. The number of methoxy groups -OCH3 is 1. The van der Waals surface area contributed by atoms with Crippen LogP contribution in [0.5, 0.6) is 11.5 Å². The molecule has 1 aliphatic carbocycles. The maximum atomic E-state index is 6.09. The summed E-state index contributed by atoms with van der Waals surface area (Å²) >= 11 is 0. The highest BCUT2D eigenvalue weighted by Crippen LogP contribution is 2.32. The molecule has 0 unspecified atom stereocenters. The van der Waals surface area contributed by atoms with Gasteiger partial charge in [-0.05, 0) is 43.4 Å². The average Bonchev–Trinajstić information content (AvgIpc) is 3.34. The molecular weight excluding hydrogens is 471 g/mol. The Morgan fingerprint density at radius 2 is 1.96 bits per heavy atom. The molecule has 8 nitrogen and oxygen atoms in total. The molecule has 1 saturated carbocycles. The Morgan fingerprint density at radius 1 is 1.21 bits per heavy atom. The fraction of sp³-hybridized carbons (Fsp3) is 0.526. The van der Waals surface area contributed by atoms with Crippen molar-refractivity contribution >= 4 is 29.9 Å². The summed E-state index contributed by atoms with van der Waals surface area (Å²) < 4.78 is 13.3. The maximum absolute atomic E-state index is 6.09. The number of aromatic nitrogens is 3. The molecule has 0 saturated heterocycles. The number of halogens is 1. The van der Waals surface area contributed by atoms with Gasteiger partial charge in [-0.25, -0.2) is 4.98 Å². The minimum absolute atomic E-state index is 0. The van der Waals surface area contributed by atoms with Crippen molar-refractivity contribution in [2.75, 3.05) is 14.2 Å². The van der Waals surface area contributed by atoms with E-state index in [9.17, 15) is 0 Å². The van der Waals surface area contributed by atoms with E-state index in [1.165, 1.54) is 19.2 Å². The molecule has 1 aromatic carbocycles. The first-order valence-electron chi connectivity index (χ1n) is 9.30. The number of hydrogen-bond acceptors (Lipinski definition) is 5. The van der Waals surface area contributed by atoms with Gasteiger partial charge in [0.2, 0.25) is 0 Å². The number of benzene rings is 1. The molecular formula is C19H29IN6O2. The summed E-state index contributed by atoms with van der Waals surface area (Å²) in [5, 5.41) is 10.6. The number of nitrogens with one attached hydrogen (secondary N) is 2. The van der Waals surface area contributed by atoms with E-state index in [0.29, 0.717) is 25.2 Å². The Labute approximate surface area is 183 Å². The second-order valence-corrected chi connectivity index (χ2v) is 6.59. The molecule has 28 heavy (non-hydrogen) atoms. The van der Waals surface area contributed by atoms with Crippen LogP contribution in [0.4, 0.5) is 0 Å². The summed E-state index contributed by atoms with van der Waals surface area (Å²) in [5.41, 5.74) is 1.09. The number of aliphatic imine (C=N–C) groups is 1. The topological polar surface area (TPSA) is 85.6 Å². The number of ether oxygens (including phenoxy) is 2. The van der Waals surface area contributed by atoms with E-state index in [0.717, 1.165) is 35.7 Å². The van der Waals surface area contributed by atoms with Crippen LogP contribution in [0.1, 0.15) is 37.1 Å². The Bertz CT molecular complexity index is 774. The van der Waals surface area contributed by atoms with E-state index in [4.69, 9.17) is 9.47 Å². The highest BCUT2D eigenvalue weighted by Gasteiger charge is 2.18. The summed E-state index contributed by atoms with van der Waals surface area (Å²) in [6.45, 7) is 1.17. The molecule has 1 heterocycles. The molecule has 9 heteroatoms. The monoisotopic (exact) mass is 500 g/mol. The second kappa shape index (κ2) is 11.1. The van der Waals surface area contributed by atoms with Crippen LogP contribution in [0.15, 0.2) is 29.5 Å². The number of hydrogen-bond donors (Lipinski definition) is 2. The molecule has 0 amide bonds. The van der Waals surface area contributed by atoms with E-state index in [2.05, 4.69) is 31.8 Å². The normalized spacial score (nSPS) is 14.5. The van der Waals surface area contributed by atoms with Crippen molar-refractivity contribution in [1.82, 2.24) is 25.4 Å². The molecule has 3 rings (SSSR count). The average molecular weight is 500 g/mol. The number of rotatable bonds is 7. The van der Waals surface area contributed by atoms with Gasteiger partial charge in [0.05, 0.1) is 19.8 Å². The summed E-state index contributed by atoms with van der Waals surface area (Å²) in [5.74, 6) is 3.12. The van der Waals surface area contributed by atoms with Gasteiger partial charge in [-0.1, -0.05) is 6.07 Å². The van der Waals surface area contributed by atoms with Crippen LogP contribution in [-0.2, 0) is 20.1 Å². The zero-order valence-corrected chi connectivity index (χ0v) is 19.0. The van der Waals surface area contributed by atoms with Gasteiger partial charge in [0.15, 0.2) is 17.5 Å². The number of guanidine groups is 1. The quantitative estimate of drug-likeness (QED) is 0.346. The zero-order chi connectivity index (χ0) is 19.1. The predicted molar refractivity (Wildman–Crippen MR) is 119 cm³/mol. The number of aryl methyl sites for hydroxylation is 1. The highest BCUT2D eigenvalue weighted by molar-refractivity contribution is 14.0. The van der Waals surface area contributed by atoms with Crippen LogP contribution in [-0.4, -0.2) is 41.0 Å². The molecule has 0 radical (unpaired) electrons. The zero-order valence-electron chi connectivity index (χ0n) is 16.6. The molecule has 0 bridgehead atoms. The lowest BCUT2D eigenvalue weighted by Gasteiger charge is -2.17.